The van der Waals surface area contributed by atoms with E-state index in [1.165, 1.54) is 12.1 Å². The lowest BCUT2D eigenvalue weighted by Gasteiger charge is -2.45. The van der Waals surface area contributed by atoms with Crippen molar-refractivity contribution in [2.45, 2.75) is 32.4 Å². The van der Waals surface area contributed by atoms with Crippen LogP contribution in [0, 0.1) is 21.4 Å². The highest BCUT2D eigenvalue weighted by Gasteiger charge is 2.37. The Kier molecular flexibility index (Phi) is 4.36. The van der Waals surface area contributed by atoms with Crippen LogP contribution in [0.4, 0.5) is 16.2 Å². The number of amides is 1. The fourth-order valence-electron chi connectivity index (χ4n) is 3.13. The molecule has 1 amide bonds. The van der Waals surface area contributed by atoms with Crippen LogP contribution < -0.4 is 9.64 Å². The first-order chi connectivity index (χ1) is 12.2. The van der Waals surface area contributed by atoms with Gasteiger partial charge in [0.15, 0.2) is 0 Å². The molecule has 0 spiro atoms. The molecule has 1 saturated heterocycles. The molecule has 3 rings (SSSR count). The summed E-state index contributed by atoms with van der Waals surface area (Å²) < 4.78 is 11.1. The highest BCUT2D eigenvalue weighted by Crippen LogP contribution is 2.39. The molecule has 0 radical (unpaired) electrons. The van der Waals surface area contributed by atoms with Crippen LogP contribution in [0.1, 0.15) is 26.3 Å². The first kappa shape index (κ1) is 17.8. The van der Waals surface area contributed by atoms with Gasteiger partial charge in [0, 0.05) is 19.6 Å². The highest BCUT2D eigenvalue weighted by atomic mass is 16.6. The lowest BCUT2D eigenvalue weighted by molar-refractivity contribution is -0.385. The quantitative estimate of drug-likeness (QED) is 0.558. The molecular weight excluding hydrogens is 340 g/mol. The Balaban J connectivity index is 1.82. The minimum Gasteiger partial charge on any atom is -0.489 e. The SMILES string of the molecule is CC(C)(C)OC(=O)N1CCN2c3cc(C#N)c([N+](=O)[O-])cc3OC[C@@H]2C1. The summed E-state index contributed by atoms with van der Waals surface area (Å²) in [6.45, 7) is 7.17. The normalized spacial score (nSPS) is 18.9. The smallest absolute Gasteiger partial charge is 0.410 e. The second-order valence-electron chi connectivity index (χ2n) is 7.29. The predicted octanol–water partition coefficient (Wildman–Crippen LogP) is 2.28. The Morgan fingerprint density at radius 3 is 2.77 bits per heavy atom. The molecule has 0 saturated carbocycles. The fraction of sp³-hybridized carbons (Fsp3) is 0.529. The molecule has 26 heavy (non-hydrogen) atoms. The molecule has 1 atom stereocenters. The minimum atomic E-state index is -0.589. The highest BCUT2D eigenvalue weighted by molar-refractivity contribution is 5.72. The zero-order valence-corrected chi connectivity index (χ0v) is 14.9. The van der Waals surface area contributed by atoms with Crippen LogP contribution in [0.25, 0.3) is 0 Å². The zero-order valence-electron chi connectivity index (χ0n) is 14.9. The molecular formula is C17H20N4O5. The molecule has 1 aromatic rings. The molecule has 138 valence electrons. The number of nitriles is 1. The van der Waals surface area contributed by atoms with E-state index in [4.69, 9.17) is 9.47 Å². The second kappa shape index (κ2) is 6.37. The molecule has 0 bridgehead atoms. The van der Waals surface area contributed by atoms with Crippen LogP contribution in [-0.4, -0.2) is 53.8 Å². The number of nitro groups is 1. The van der Waals surface area contributed by atoms with Crippen molar-refractivity contribution in [3.63, 3.8) is 0 Å². The van der Waals surface area contributed by atoms with Crippen LogP contribution in [0.5, 0.6) is 5.75 Å². The van der Waals surface area contributed by atoms with Gasteiger partial charge >= 0.3 is 6.09 Å². The third kappa shape index (κ3) is 3.35. The number of hydrogen-bond acceptors (Lipinski definition) is 7. The van der Waals surface area contributed by atoms with Gasteiger partial charge in [-0.1, -0.05) is 0 Å². The lowest BCUT2D eigenvalue weighted by atomic mass is 10.1. The summed E-state index contributed by atoms with van der Waals surface area (Å²) in [5, 5.41) is 20.3. The number of anilines is 1. The summed E-state index contributed by atoms with van der Waals surface area (Å²) in [5.41, 5.74) is -0.193. The molecule has 0 aliphatic carbocycles. The number of benzene rings is 1. The number of ether oxygens (including phenoxy) is 2. The fourth-order valence-corrected chi connectivity index (χ4v) is 3.13. The van der Waals surface area contributed by atoms with Crippen molar-refractivity contribution in [3.8, 4) is 11.8 Å². The van der Waals surface area contributed by atoms with E-state index in [9.17, 15) is 20.2 Å². The van der Waals surface area contributed by atoms with Crippen molar-refractivity contribution < 1.29 is 19.2 Å². The number of rotatable bonds is 1. The zero-order chi connectivity index (χ0) is 19.1. The lowest BCUT2D eigenvalue weighted by Crippen LogP contribution is -2.59. The molecule has 2 aliphatic rings. The van der Waals surface area contributed by atoms with Gasteiger partial charge in [-0.15, -0.1) is 0 Å². The average molecular weight is 360 g/mol. The van der Waals surface area contributed by atoms with Gasteiger partial charge in [0.05, 0.1) is 22.7 Å². The Bertz CT molecular complexity index is 796. The number of carbonyl (C=O) groups is 1. The van der Waals surface area contributed by atoms with Gasteiger partial charge < -0.3 is 19.3 Å². The van der Waals surface area contributed by atoms with Gasteiger partial charge in [0.2, 0.25) is 0 Å². The second-order valence-corrected chi connectivity index (χ2v) is 7.29. The topological polar surface area (TPSA) is 109 Å². The Hall–Kier alpha value is -3.02. The molecule has 2 aliphatic heterocycles. The molecule has 9 nitrogen and oxygen atoms in total. The number of carbonyl (C=O) groups excluding carboxylic acids is 1. The molecule has 0 aromatic heterocycles. The largest absolute Gasteiger partial charge is 0.489 e. The van der Waals surface area contributed by atoms with Crippen molar-refractivity contribution in [1.82, 2.24) is 4.90 Å². The average Bonchev–Trinajstić information content (AvgIpc) is 2.58. The number of fused-ring (bicyclic) bond motifs is 3. The van der Waals surface area contributed by atoms with Crippen LogP contribution in [0.15, 0.2) is 12.1 Å². The van der Waals surface area contributed by atoms with E-state index in [1.54, 1.807) is 4.90 Å². The summed E-state index contributed by atoms with van der Waals surface area (Å²) >= 11 is 0. The van der Waals surface area contributed by atoms with E-state index < -0.39 is 10.5 Å². The van der Waals surface area contributed by atoms with E-state index in [-0.39, 0.29) is 23.4 Å². The van der Waals surface area contributed by atoms with Crippen LogP contribution in [-0.2, 0) is 4.74 Å². The summed E-state index contributed by atoms with van der Waals surface area (Å²) in [4.78, 5) is 26.5. The summed E-state index contributed by atoms with van der Waals surface area (Å²) in [7, 11) is 0. The monoisotopic (exact) mass is 360 g/mol. The number of hydrogen-bond donors (Lipinski definition) is 0. The van der Waals surface area contributed by atoms with Gasteiger partial charge in [0.25, 0.3) is 5.69 Å². The third-order valence-electron chi connectivity index (χ3n) is 4.27. The number of nitrogens with zero attached hydrogens (tertiary/aromatic N) is 4. The van der Waals surface area contributed by atoms with Crippen molar-refractivity contribution in [2.75, 3.05) is 31.1 Å². The van der Waals surface area contributed by atoms with Crippen LogP contribution >= 0.6 is 0 Å². The summed E-state index contributed by atoms with van der Waals surface area (Å²) in [6, 6.07) is 4.55. The molecule has 2 heterocycles. The molecule has 0 N–H and O–H groups in total. The predicted molar refractivity (Wildman–Crippen MR) is 92.2 cm³/mol. The standard InChI is InChI=1S/C17H20N4O5/c1-17(2,3)26-16(22)19-4-5-20-12(9-19)10-25-15-7-13(21(23)24)11(8-18)6-14(15)20/h6-7,12H,4-5,9-10H2,1-3H3/t12-/m0/s1. The first-order valence-electron chi connectivity index (χ1n) is 8.29. The Morgan fingerprint density at radius 2 is 2.15 bits per heavy atom. The number of nitro benzene ring substituents is 1. The van der Waals surface area contributed by atoms with E-state index in [1.807, 2.05) is 31.7 Å². The van der Waals surface area contributed by atoms with Crippen LogP contribution in [0.3, 0.4) is 0 Å². The van der Waals surface area contributed by atoms with Gasteiger partial charge in [-0.2, -0.15) is 5.26 Å². The van der Waals surface area contributed by atoms with E-state index >= 15 is 0 Å². The Labute approximate surface area is 150 Å². The summed E-state index contributed by atoms with van der Waals surface area (Å²) in [6.07, 6.45) is -0.371. The van der Waals surface area contributed by atoms with Gasteiger partial charge in [0.1, 0.15) is 29.6 Å². The maximum absolute atomic E-state index is 12.3. The van der Waals surface area contributed by atoms with E-state index in [0.717, 1.165) is 0 Å². The molecule has 1 fully saturated rings. The molecule has 0 unspecified atom stereocenters. The maximum Gasteiger partial charge on any atom is 0.410 e. The minimum absolute atomic E-state index is 0.00688. The van der Waals surface area contributed by atoms with Crippen molar-refractivity contribution >= 4 is 17.5 Å². The van der Waals surface area contributed by atoms with E-state index in [0.29, 0.717) is 37.7 Å². The molecule has 1 aromatic carbocycles. The van der Waals surface area contributed by atoms with Crippen molar-refractivity contribution in [3.05, 3.63) is 27.8 Å². The van der Waals surface area contributed by atoms with Crippen LogP contribution in [0.2, 0.25) is 0 Å². The van der Waals surface area contributed by atoms with Gasteiger partial charge in [-0.25, -0.2) is 4.79 Å². The van der Waals surface area contributed by atoms with Gasteiger partial charge in [-0.3, -0.25) is 10.1 Å². The van der Waals surface area contributed by atoms with Crippen molar-refractivity contribution in [2.24, 2.45) is 0 Å². The van der Waals surface area contributed by atoms with Gasteiger partial charge in [-0.05, 0) is 26.8 Å². The first-order valence-corrected chi connectivity index (χ1v) is 8.29. The third-order valence-corrected chi connectivity index (χ3v) is 4.27. The maximum atomic E-state index is 12.3. The Morgan fingerprint density at radius 1 is 1.42 bits per heavy atom. The van der Waals surface area contributed by atoms with E-state index in [2.05, 4.69) is 0 Å². The number of piperazine rings is 1. The van der Waals surface area contributed by atoms with Crippen molar-refractivity contribution in [1.29, 1.82) is 5.26 Å². The summed E-state index contributed by atoms with van der Waals surface area (Å²) in [5.74, 6) is 0.387. The molecule has 9 heteroatoms.